The van der Waals surface area contributed by atoms with E-state index in [0.29, 0.717) is 11.5 Å². The van der Waals surface area contributed by atoms with Crippen molar-refractivity contribution in [3.63, 3.8) is 0 Å². The smallest absolute Gasteiger partial charge is 0.324 e. The summed E-state index contributed by atoms with van der Waals surface area (Å²) in [6.45, 7) is 1.87. The van der Waals surface area contributed by atoms with Gasteiger partial charge in [0, 0.05) is 18.8 Å². The van der Waals surface area contributed by atoms with E-state index in [1.54, 1.807) is 49.2 Å². The molecule has 0 unspecified atom stereocenters. The van der Waals surface area contributed by atoms with Gasteiger partial charge in [0.25, 0.3) is 0 Å². The van der Waals surface area contributed by atoms with Crippen molar-refractivity contribution in [1.29, 1.82) is 0 Å². The number of hydrogen-bond donors (Lipinski definition) is 2. The molecule has 19 heavy (non-hydrogen) atoms. The number of hydrogen-bond acceptors (Lipinski definition) is 3. The number of anilines is 2. The Morgan fingerprint density at radius 3 is 2.47 bits per heavy atom. The van der Waals surface area contributed by atoms with Crippen molar-refractivity contribution in [3.8, 4) is 5.75 Å². The molecule has 0 radical (unpaired) electrons. The predicted molar refractivity (Wildman–Crippen MR) is 73.6 cm³/mol. The van der Waals surface area contributed by atoms with Crippen LogP contribution in [0.15, 0.2) is 30.3 Å². The first-order valence-corrected chi connectivity index (χ1v) is 5.81. The molecule has 0 spiro atoms. The molecule has 0 bridgehead atoms. The van der Waals surface area contributed by atoms with Gasteiger partial charge in [0.2, 0.25) is 0 Å². The number of ether oxygens (including phenoxy) is 1. The molecule has 2 N–H and O–H groups in total. The fraction of sp³-hybridized carbons (Fsp3) is 0.231. The Hall–Kier alpha value is -2.50. The fourth-order valence-corrected chi connectivity index (χ4v) is 1.68. The zero-order valence-electron chi connectivity index (χ0n) is 11.1. The van der Waals surface area contributed by atoms with Gasteiger partial charge in [-0.25, -0.2) is 4.79 Å². The molecule has 0 fully saturated rings. The number of benzene rings is 1. The van der Waals surface area contributed by atoms with Crippen LogP contribution in [0.5, 0.6) is 5.75 Å². The van der Waals surface area contributed by atoms with Gasteiger partial charge in [0.05, 0.1) is 12.8 Å². The number of rotatable bonds is 3. The summed E-state index contributed by atoms with van der Waals surface area (Å²) in [4.78, 5) is 11.8. The minimum atomic E-state index is -0.312. The van der Waals surface area contributed by atoms with Crippen molar-refractivity contribution in [3.05, 3.63) is 36.0 Å². The van der Waals surface area contributed by atoms with Crippen molar-refractivity contribution < 1.29 is 9.53 Å². The summed E-state index contributed by atoms with van der Waals surface area (Å²) in [5, 5.41) is 9.61. The molecule has 2 amide bonds. The summed E-state index contributed by atoms with van der Waals surface area (Å²) in [5.41, 5.74) is 1.54. The molecular weight excluding hydrogens is 244 g/mol. The second-order valence-electron chi connectivity index (χ2n) is 4.10. The molecule has 6 nitrogen and oxygen atoms in total. The van der Waals surface area contributed by atoms with E-state index < -0.39 is 0 Å². The maximum atomic E-state index is 11.8. The maximum absolute atomic E-state index is 11.8. The highest BCUT2D eigenvalue weighted by Gasteiger charge is 2.07. The average Bonchev–Trinajstić information content (AvgIpc) is 2.68. The topological polar surface area (TPSA) is 68.2 Å². The number of aromatic nitrogens is 2. The molecule has 2 rings (SSSR count). The standard InChI is InChI=1S/C13H16N4O2/c1-9-8-12(17(2)16-9)15-13(18)14-10-4-6-11(19-3)7-5-10/h4-8H,1-3H3,(H2,14,15,18). The summed E-state index contributed by atoms with van der Waals surface area (Å²) >= 11 is 0. The monoisotopic (exact) mass is 260 g/mol. The largest absolute Gasteiger partial charge is 0.497 e. The quantitative estimate of drug-likeness (QED) is 0.890. The van der Waals surface area contributed by atoms with Gasteiger partial charge in [0.15, 0.2) is 0 Å². The zero-order chi connectivity index (χ0) is 13.8. The molecule has 0 atom stereocenters. The minimum absolute atomic E-state index is 0.312. The Kier molecular flexibility index (Phi) is 3.70. The Bertz CT molecular complexity index is 575. The number of aryl methyl sites for hydroxylation is 2. The normalized spacial score (nSPS) is 10.1. The van der Waals surface area contributed by atoms with Crippen LogP contribution in [-0.2, 0) is 7.05 Å². The van der Waals surface area contributed by atoms with Crippen LogP contribution in [0.2, 0.25) is 0 Å². The Balaban J connectivity index is 1.99. The van der Waals surface area contributed by atoms with Crippen LogP contribution in [0.3, 0.4) is 0 Å². The second kappa shape index (κ2) is 5.43. The minimum Gasteiger partial charge on any atom is -0.497 e. The number of carbonyl (C=O) groups is 1. The molecule has 1 aromatic carbocycles. The lowest BCUT2D eigenvalue weighted by Crippen LogP contribution is -2.20. The predicted octanol–water partition coefficient (Wildman–Crippen LogP) is 2.38. The number of methoxy groups -OCH3 is 1. The van der Waals surface area contributed by atoms with Crippen LogP contribution in [-0.4, -0.2) is 22.9 Å². The molecule has 0 aliphatic carbocycles. The number of nitrogens with one attached hydrogen (secondary N) is 2. The van der Waals surface area contributed by atoms with Gasteiger partial charge in [-0.05, 0) is 31.2 Å². The number of amides is 2. The molecule has 0 aliphatic rings. The summed E-state index contributed by atoms with van der Waals surface area (Å²) in [6.07, 6.45) is 0. The van der Waals surface area contributed by atoms with Crippen LogP contribution in [0.25, 0.3) is 0 Å². The third-order valence-corrected chi connectivity index (χ3v) is 2.59. The summed E-state index contributed by atoms with van der Waals surface area (Å²) in [6, 6.07) is 8.59. The van der Waals surface area contributed by atoms with Crippen molar-refractivity contribution >= 4 is 17.5 Å². The van der Waals surface area contributed by atoms with Crippen LogP contribution in [0.1, 0.15) is 5.69 Å². The van der Waals surface area contributed by atoms with Crippen molar-refractivity contribution in [2.45, 2.75) is 6.92 Å². The molecule has 0 aliphatic heterocycles. The maximum Gasteiger partial charge on any atom is 0.324 e. The number of nitrogens with zero attached hydrogens (tertiary/aromatic N) is 2. The summed E-state index contributed by atoms with van der Waals surface area (Å²) < 4.78 is 6.66. The van der Waals surface area contributed by atoms with Gasteiger partial charge in [-0.15, -0.1) is 0 Å². The molecular formula is C13H16N4O2. The third kappa shape index (κ3) is 3.25. The molecule has 1 heterocycles. The van der Waals surface area contributed by atoms with E-state index in [9.17, 15) is 4.79 Å². The third-order valence-electron chi connectivity index (χ3n) is 2.59. The van der Waals surface area contributed by atoms with E-state index in [0.717, 1.165) is 11.4 Å². The molecule has 100 valence electrons. The molecule has 0 saturated carbocycles. The van der Waals surface area contributed by atoms with Gasteiger partial charge in [0.1, 0.15) is 11.6 Å². The summed E-state index contributed by atoms with van der Waals surface area (Å²) in [7, 11) is 3.37. The van der Waals surface area contributed by atoms with Gasteiger partial charge < -0.3 is 10.1 Å². The van der Waals surface area contributed by atoms with Crippen LogP contribution in [0, 0.1) is 6.92 Å². The Labute approximate surface area is 111 Å². The van der Waals surface area contributed by atoms with Crippen molar-refractivity contribution in [2.75, 3.05) is 17.7 Å². The van der Waals surface area contributed by atoms with Crippen molar-refractivity contribution in [2.24, 2.45) is 7.05 Å². The first-order chi connectivity index (χ1) is 9.08. The van der Waals surface area contributed by atoms with E-state index in [1.807, 2.05) is 6.92 Å². The number of carbonyl (C=O) groups excluding carboxylic acids is 1. The fourth-order valence-electron chi connectivity index (χ4n) is 1.68. The van der Waals surface area contributed by atoms with E-state index >= 15 is 0 Å². The van der Waals surface area contributed by atoms with E-state index in [1.165, 1.54) is 0 Å². The zero-order valence-corrected chi connectivity index (χ0v) is 11.1. The average molecular weight is 260 g/mol. The lowest BCUT2D eigenvalue weighted by Gasteiger charge is -2.08. The van der Waals surface area contributed by atoms with Gasteiger partial charge in [-0.1, -0.05) is 0 Å². The van der Waals surface area contributed by atoms with Gasteiger partial charge in [-0.2, -0.15) is 5.10 Å². The Morgan fingerprint density at radius 2 is 1.95 bits per heavy atom. The number of urea groups is 1. The molecule has 6 heteroatoms. The van der Waals surface area contributed by atoms with Crippen LogP contribution in [0.4, 0.5) is 16.3 Å². The lowest BCUT2D eigenvalue weighted by atomic mass is 10.3. The second-order valence-corrected chi connectivity index (χ2v) is 4.10. The van der Waals surface area contributed by atoms with Crippen LogP contribution >= 0.6 is 0 Å². The first-order valence-electron chi connectivity index (χ1n) is 5.81. The molecule has 0 saturated heterocycles. The van der Waals surface area contributed by atoms with Crippen LogP contribution < -0.4 is 15.4 Å². The SMILES string of the molecule is COc1ccc(NC(=O)Nc2cc(C)nn2C)cc1. The molecule has 2 aromatic rings. The first kappa shape index (κ1) is 12.9. The van der Waals surface area contributed by atoms with Gasteiger partial charge in [-0.3, -0.25) is 10.00 Å². The molecule has 1 aromatic heterocycles. The highest BCUT2D eigenvalue weighted by molar-refractivity contribution is 5.99. The highest BCUT2D eigenvalue weighted by atomic mass is 16.5. The Morgan fingerprint density at radius 1 is 1.26 bits per heavy atom. The van der Waals surface area contributed by atoms with Gasteiger partial charge >= 0.3 is 6.03 Å². The van der Waals surface area contributed by atoms with E-state index in [4.69, 9.17) is 4.74 Å². The van der Waals surface area contributed by atoms with E-state index in [2.05, 4.69) is 15.7 Å². The van der Waals surface area contributed by atoms with E-state index in [-0.39, 0.29) is 6.03 Å². The summed E-state index contributed by atoms with van der Waals surface area (Å²) in [5.74, 6) is 1.39. The van der Waals surface area contributed by atoms with Crippen molar-refractivity contribution in [1.82, 2.24) is 9.78 Å². The highest BCUT2D eigenvalue weighted by Crippen LogP contribution is 2.15. The lowest BCUT2D eigenvalue weighted by molar-refractivity contribution is 0.262.